The van der Waals surface area contributed by atoms with Gasteiger partial charge in [0.1, 0.15) is 5.60 Å². The topological polar surface area (TPSA) is 57.5 Å². The van der Waals surface area contributed by atoms with Gasteiger partial charge in [0, 0.05) is 0 Å². The molecule has 3 nitrogen and oxygen atoms in total. The highest BCUT2D eigenvalue weighted by molar-refractivity contribution is 5.71. The van der Waals surface area contributed by atoms with Crippen LogP contribution in [0.15, 0.2) is 12.7 Å². The number of hydrogen-bond donors (Lipinski definition) is 2. The molecule has 0 rings (SSSR count). The van der Waals surface area contributed by atoms with Gasteiger partial charge in [0.15, 0.2) is 0 Å². The molecule has 0 saturated heterocycles. The zero-order valence-corrected chi connectivity index (χ0v) is 8.66. The average molecular weight is 186 g/mol. The summed E-state index contributed by atoms with van der Waals surface area (Å²) in [6.45, 7) is 10.3. The molecule has 0 aromatic carbocycles. The van der Waals surface area contributed by atoms with Crippen LogP contribution in [0.2, 0.25) is 0 Å². The molecule has 0 aliphatic carbocycles. The van der Waals surface area contributed by atoms with Gasteiger partial charge in [0.25, 0.3) is 0 Å². The second kappa shape index (κ2) is 3.50. The van der Waals surface area contributed by atoms with E-state index in [4.69, 9.17) is 5.11 Å². The Morgan fingerprint density at radius 1 is 1.46 bits per heavy atom. The first kappa shape index (κ1) is 12.2. The van der Waals surface area contributed by atoms with Crippen molar-refractivity contribution in [2.24, 2.45) is 11.3 Å². The molecule has 76 valence electrons. The lowest BCUT2D eigenvalue weighted by molar-refractivity contribution is -0.154. The number of rotatable bonds is 3. The molecule has 0 aliphatic heterocycles. The summed E-state index contributed by atoms with van der Waals surface area (Å²) >= 11 is 0. The van der Waals surface area contributed by atoms with Crippen molar-refractivity contribution in [3.8, 4) is 0 Å². The summed E-state index contributed by atoms with van der Waals surface area (Å²) in [6, 6.07) is 0. The number of aliphatic carboxylic acids is 1. The zero-order chi connectivity index (χ0) is 10.9. The van der Waals surface area contributed by atoms with Crippen molar-refractivity contribution in [3.05, 3.63) is 12.7 Å². The van der Waals surface area contributed by atoms with Crippen molar-refractivity contribution >= 4 is 5.97 Å². The van der Waals surface area contributed by atoms with E-state index in [-0.39, 0.29) is 0 Å². The van der Waals surface area contributed by atoms with Gasteiger partial charge in [-0.3, -0.25) is 4.79 Å². The van der Waals surface area contributed by atoms with E-state index in [1.54, 1.807) is 20.8 Å². The molecule has 0 amide bonds. The molecule has 2 unspecified atom stereocenters. The number of hydrogen-bond acceptors (Lipinski definition) is 2. The van der Waals surface area contributed by atoms with Gasteiger partial charge in [0.05, 0.1) is 5.92 Å². The standard InChI is InChI=1S/C10H18O3/c1-6-10(13,9(3,4)5)7(2)8(11)12/h6-7,13H,1H2,2-5H3,(H,11,12). The Labute approximate surface area is 79.1 Å². The summed E-state index contributed by atoms with van der Waals surface area (Å²) in [7, 11) is 0. The normalized spacial score (nSPS) is 18.8. The van der Waals surface area contributed by atoms with Crippen LogP contribution in [0.3, 0.4) is 0 Å². The molecule has 0 aromatic heterocycles. The van der Waals surface area contributed by atoms with E-state index in [2.05, 4.69) is 6.58 Å². The highest BCUT2D eigenvalue weighted by Crippen LogP contribution is 2.37. The average Bonchev–Trinajstić information content (AvgIpc) is 1.99. The minimum Gasteiger partial charge on any atom is -0.481 e. The van der Waals surface area contributed by atoms with Gasteiger partial charge < -0.3 is 10.2 Å². The van der Waals surface area contributed by atoms with Gasteiger partial charge in [-0.15, -0.1) is 6.58 Å². The van der Waals surface area contributed by atoms with Crippen molar-refractivity contribution in [2.75, 3.05) is 0 Å². The maximum atomic E-state index is 10.7. The molecule has 0 bridgehead atoms. The number of carbonyl (C=O) groups is 1. The van der Waals surface area contributed by atoms with Crippen LogP contribution in [0.1, 0.15) is 27.7 Å². The molecule has 0 fully saturated rings. The molecule has 0 spiro atoms. The number of aliphatic hydroxyl groups is 1. The van der Waals surface area contributed by atoms with Crippen LogP contribution in [-0.2, 0) is 4.79 Å². The SMILES string of the molecule is C=CC(O)(C(C)C(=O)O)C(C)(C)C. The predicted octanol–water partition coefficient (Wildman–Crippen LogP) is 1.67. The lowest BCUT2D eigenvalue weighted by atomic mass is 9.69. The van der Waals surface area contributed by atoms with Gasteiger partial charge >= 0.3 is 5.97 Å². The van der Waals surface area contributed by atoms with Crippen LogP contribution in [-0.4, -0.2) is 21.8 Å². The number of carboxylic acid groups (broad SMARTS) is 1. The van der Waals surface area contributed by atoms with Gasteiger partial charge in [-0.05, 0) is 12.3 Å². The largest absolute Gasteiger partial charge is 0.481 e. The quantitative estimate of drug-likeness (QED) is 0.659. The Kier molecular flexibility index (Phi) is 3.28. The highest BCUT2D eigenvalue weighted by Gasteiger charge is 2.45. The molecule has 2 N–H and O–H groups in total. The lowest BCUT2D eigenvalue weighted by Crippen LogP contribution is -2.49. The summed E-state index contributed by atoms with van der Waals surface area (Å²) in [5, 5.41) is 18.9. The molecule has 0 aliphatic rings. The first-order valence-corrected chi connectivity index (χ1v) is 4.25. The molecule has 0 saturated carbocycles. The lowest BCUT2D eigenvalue weighted by Gasteiger charge is -2.40. The van der Waals surface area contributed by atoms with Crippen LogP contribution in [0.25, 0.3) is 0 Å². The van der Waals surface area contributed by atoms with E-state index in [0.717, 1.165) is 0 Å². The highest BCUT2D eigenvalue weighted by atomic mass is 16.4. The summed E-state index contributed by atoms with van der Waals surface area (Å²) < 4.78 is 0. The van der Waals surface area contributed by atoms with Crippen molar-refractivity contribution in [1.82, 2.24) is 0 Å². The first-order valence-electron chi connectivity index (χ1n) is 4.25. The third-order valence-corrected chi connectivity index (χ3v) is 2.54. The maximum Gasteiger partial charge on any atom is 0.309 e. The maximum absolute atomic E-state index is 10.7. The molecule has 0 heterocycles. The van der Waals surface area contributed by atoms with E-state index < -0.39 is 22.9 Å². The van der Waals surface area contributed by atoms with Crippen LogP contribution in [0.5, 0.6) is 0 Å². The molecule has 0 radical (unpaired) electrons. The van der Waals surface area contributed by atoms with E-state index in [9.17, 15) is 9.90 Å². The van der Waals surface area contributed by atoms with E-state index in [1.807, 2.05) is 0 Å². The van der Waals surface area contributed by atoms with Gasteiger partial charge in [-0.2, -0.15) is 0 Å². The van der Waals surface area contributed by atoms with Crippen LogP contribution in [0.4, 0.5) is 0 Å². The van der Waals surface area contributed by atoms with Crippen molar-refractivity contribution < 1.29 is 15.0 Å². The zero-order valence-electron chi connectivity index (χ0n) is 8.66. The Morgan fingerprint density at radius 3 is 1.92 bits per heavy atom. The first-order chi connectivity index (χ1) is 5.66. The molecule has 3 heteroatoms. The Hall–Kier alpha value is -0.830. The third kappa shape index (κ3) is 2.10. The van der Waals surface area contributed by atoms with Crippen LogP contribution >= 0.6 is 0 Å². The fraction of sp³-hybridized carbons (Fsp3) is 0.700. The second-order valence-corrected chi connectivity index (χ2v) is 4.34. The van der Waals surface area contributed by atoms with Gasteiger partial charge in [-0.25, -0.2) is 0 Å². The van der Waals surface area contributed by atoms with Gasteiger partial charge in [0.2, 0.25) is 0 Å². The minimum atomic E-state index is -1.38. The van der Waals surface area contributed by atoms with Crippen molar-refractivity contribution in [2.45, 2.75) is 33.3 Å². The van der Waals surface area contributed by atoms with E-state index in [1.165, 1.54) is 13.0 Å². The third-order valence-electron chi connectivity index (χ3n) is 2.54. The molecular weight excluding hydrogens is 168 g/mol. The molecule has 0 aromatic rings. The smallest absolute Gasteiger partial charge is 0.309 e. The van der Waals surface area contributed by atoms with Crippen LogP contribution < -0.4 is 0 Å². The Morgan fingerprint density at radius 2 is 1.85 bits per heavy atom. The minimum absolute atomic E-state index is 0.535. The monoisotopic (exact) mass is 186 g/mol. The van der Waals surface area contributed by atoms with Crippen molar-refractivity contribution in [1.29, 1.82) is 0 Å². The van der Waals surface area contributed by atoms with Crippen LogP contribution in [0, 0.1) is 11.3 Å². The van der Waals surface area contributed by atoms with E-state index >= 15 is 0 Å². The molecule has 13 heavy (non-hydrogen) atoms. The predicted molar refractivity (Wildman–Crippen MR) is 51.4 cm³/mol. The molecule has 2 atom stereocenters. The second-order valence-electron chi connectivity index (χ2n) is 4.34. The van der Waals surface area contributed by atoms with Gasteiger partial charge in [-0.1, -0.05) is 26.8 Å². The summed E-state index contributed by atoms with van der Waals surface area (Å²) in [5.41, 5.74) is -1.91. The fourth-order valence-electron chi connectivity index (χ4n) is 1.32. The molecular formula is C10H18O3. The summed E-state index contributed by atoms with van der Waals surface area (Å²) in [6.07, 6.45) is 1.31. The summed E-state index contributed by atoms with van der Waals surface area (Å²) in [5.74, 6) is -1.87. The van der Waals surface area contributed by atoms with Crippen molar-refractivity contribution in [3.63, 3.8) is 0 Å². The Bertz CT molecular complexity index is 215. The fourth-order valence-corrected chi connectivity index (χ4v) is 1.32. The Balaban J connectivity index is 5.06. The van der Waals surface area contributed by atoms with E-state index in [0.29, 0.717) is 0 Å². The summed E-state index contributed by atoms with van der Waals surface area (Å²) in [4.78, 5) is 10.7. The number of carboxylic acids is 1.